The van der Waals surface area contributed by atoms with E-state index < -0.39 is 17.2 Å². The number of hydrogen-bond donors (Lipinski definition) is 2. The fraction of sp³-hybridized carbons (Fsp3) is 0.444. The van der Waals surface area contributed by atoms with Gasteiger partial charge in [0, 0.05) is 30.8 Å². The number of H-pyrrole nitrogens is 1. The third-order valence-electron chi connectivity index (χ3n) is 5.37. The summed E-state index contributed by atoms with van der Waals surface area (Å²) in [5, 5.41) is 17.5. The van der Waals surface area contributed by atoms with E-state index in [0.29, 0.717) is 24.0 Å². The van der Waals surface area contributed by atoms with Crippen molar-refractivity contribution in [1.29, 1.82) is 0 Å². The van der Waals surface area contributed by atoms with Crippen LogP contribution < -0.4 is 0 Å². The van der Waals surface area contributed by atoms with Crippen LogP contribution in [-0.2, 0) is 6.42 Å². The topological polar surface area (TPSA) is 69.2 Å². The molecule has 0 saturated carbocycles. The van der Waals surface area contributed by atoms with Crippen LogP contribution in [0.1, 0.15) is 41.6 Å². The number of amides is 1. The van der Waals surface area contributed by atoms with Gasteiger partial charge in [0.1, 0.15) is 11.6 Å². The smallest absolute Gasteiger partial charge is 0.257 e. The molecule has 2 saturated heterocycles. The molecule has 0 aliphatic carbocycles. The van der Waals surface area contributed by atoms with Crippen LogP contribution in [0.4, 0.5) is 8.78 Å². The SMILES string of the molecule is O=C(c1cn[nH]c1)N1C2CCC1CC(O)(Cc1ccc(F)cc1F)C2. The quantitative estimate of drug-likeness (QED) is 0.896. The maximum Gasteiger partial charge on any atom is 0.257 e. The number of fused-ring (bicyclic) bond motifs is 2. The van der Waals surface area contributed by atoms with Crippen LogP contribution in [0.2, 0.25) is 0 Å². The summed E-state index contributed by atoms with van der Waals surface area (Å²) in [5.74, 6) is -1.36. The average Bonchev–Trinajstić information content (AvgIpc) is 3.17. The van der Waals surface area contributed by atoms with Crippen LogP contribution in [0.3, 0.4) is 0 Å². The Hall–Kier alpha value is -2.28. The summed E-state index contributed by atoms with van der Waals surface area (Å²) < 4.78 is 27.0. The van der Waals surface area contributed by atoms with Gasteiger partial charge in [-0.2, -0.15) is 5.10 Å². The highest BCUT2D eigenvalue weighted by atomic mass is 19.1. The number of rotatable bonds is 3. The first-order valence-electron chi connectivity index (χ1n) is 8.43. The molecule has 4 rings (SSSR count). The zero-order valence-electron chi connectivity index (χ0n) is 13.6. The van der Waals surface area contributed by atoms with Gasteiger partial charge in [0.15, 0.2) is 0 Å². The lowest BCUT2D eigenvalue weighted by molar-refractivity contribution is -0.0431. The number of aromatic amines is 1. The third kappa shape index (κ3) is 2.93. The molecule has 1 amide bonds. The summed E-state index contributed by atoms with van der Waals surface area (Å²) in [6, 6.07) is 3.27. The molecule has 7 heteroatoms. The van der Waals surface area contributed by atoms with E-state index in [1.54, 1.807) is 6.20 Å². The monoisotopic (exact) mass is 347 g/mol. The Kier molecular flexibility index (Phi) is 3.83. The molecule has 5 nitrogen and oxygen atoms in total. The second-order valence-corrected chi connectivity index (χ2v) is 7.13. The Morgan fingerprint density at radius 2 is 2.04 bits per heavy atom. The molecule has 2 N–H and O–H groups in total. The molecule has 3 heterocycles. The van der Waals surface area contributed by atoms with Crippen molar-refractivity contribution in [3.63, 3.8) is 0 Å². The van der Waals surface area contributed by atoms with E-state index in [1.807, 2.05) is 4.90 Å². The predicted octanol–water partition coefficient (Wildman–Crippen LogP) is 2.43. The number of carbonyl (C=O) groups is 1. The largest absolute Gasteiger partial charge is 0.389 e. The molecule has 0 spiro atoms. The van der Waals surface area contributed by atoms with Crippen LogP contribution in [0, 0.1) is 11.6 Å². The molecule has 132 valence electrons. The molecule has 2 aliphatic heterocycles. The van der Waals surface area contributed by atoms with E-state index >= 15 is 0 Å². The summed E-state index contributed by atoms with van der Waals surface area (Å²) in [7, 11) is 0. The second kappa shape index (κ2) is 5.91. The molecular formula is C18H19F2N3O2. The fourth-order valence-corrected chi connectivity index (χ4v) is 4.33. The Balaban J connectivity index is 1.53. The minimum Gasteiger partial charge on any atom is -0.389 e. The van der Waals surface area contributed by atoms with Crippen LogP contribution in [0.15, 0.2) is 30.6 Å². The summed E-state index contributed by atoms with van der Waals surface area (Å²) in [5.41, 5.74) is -0.276. The molecule has 2 atom stereocenters. The maximum absolute atomic E-state index is 14.0. The van der Waals surface area contributed by atoms with E-state index in [2.05, 4.69) is 10.2 Å². The third-order valence-corrected chi connectivity index (χ3v) is 5.37. The highest BCUT2D eigenvalue weighted by Gasteiger charge is 2.49. The summed E-state index contributed by atoms with van der Waals surface area (Å²) in [4.78, 5) is 14.5. The van der Waals surface area contributed by atoms with Crippen molar-refractivity contribution >= 4 is 5.91 Å². The van der Waals surface area contributed by atoms with Crippen LogP contribution in [-0.4, -0.2) is 43.8 Å². The van der Waals surface area contributed by atoms with Crippen molar-refractivity contribution in [3.05, 3.63) is 53.4 Å². The number of benzene rings is 1. The van der Waals surface area contributed by atoms with E-state index in [1.165, 1.54) is 18.3 Å². The van der Waals surface area contributed by atoms with Gasteiger partial charge in [0.2, 0.25) is 0 Å². The van der Waals surface area contributed by atoms with Gasteiger partial charge in [-0.15, -0.1) is 0 Å². The molecular weight excluding hydrogens is 328 g/mol. The van der Waals surface area contributed by atoms with Gasteiger partial charge in [-0.05, 0) is 37.3 Å². The Bertz CT molecular complexity index is 780. The van der Waals surface area contributed by atoms with Gasteiger partial charge < -0.3 is 10.0 Å². The first-order chi connectivity index (χ1) is 12.0. The van der Waals surface area contributed by atoms with Gasteiger partial charge in [-0.25, -0.2) is 8.78 Å². The van der Waals surface area contributed by atoms with Crippen LogP contribution >= 0.6 is 0 Å². The predicted molar refractivity (Wildman–Crippen MR) is 85.8 cm³/mol. The first-order valence-corrected chi connectivity index (χ1v) is 8.43. The van der Waals surface area contributed by atoms with Crippen molar-refractivity contribution < 1.29 is 18.7 Å². The summed E-state index contributed by atoms with van der Waals surface area (Å²) in [6.07, 6.45) is 5.62. The molecule has 2 fully saturated rings. The van der Waals surface area contributed by atoms with Crippen molar-refractivity contribution in [1.82, 2.24) is 15.1 Å². The molecule has 2 unspecified atom stereocenters. The second-order valence-electron chi connectivity index (χ2n) is 7.13. The van der Waals surface area contributed by atoms with Gasteiger partial charge in [0.05, 0.1) is 17.4 Å². The number of aromatic nitrogens is 2. The standard InChI is InChI=1S/C18H19F2N3O2/c19-13-2-1-11(16(20)5-13)6-18(25)7-14-3-4-15(8-18)23(14)17(24)12-9-21-22-10-12/h1-2,5,9-10,14-15,25H,3-4,6-8H2,(H,21,22). The molecule has 0 radical (unpaired) electrons. The van der Waals surface area contributed by atoms with E-state index in [4.69, 9.17) is 0 Å². The lowest BCUT2D eigenvalue weighted by Crippen LogP contribution is -2.54. The Labute approximate surface area is 143 Å². The van der Waals surface area contributed by atoms with E-state index in [0.717, 1.165) is 18.9 Å². The Morgan fingerprint density at radius 3 is 2.64 bits per heavy atom. The number of nitrogens with zero attached hydrogens (tertiary/aromatic N) is 2. The number of piperidine rings is 1. The van der Waals surface area contributed by atoms with Crippen LogP contribution in [0.5, 0.6) is 0 Å². The van der Waals surface area contributed by atoms with Gasteiger partial charge in [-0.1, -0.05) is 6.07 Å². The highest BCUT2D eigenvalue weighted by molar-refractivity contribution is 5.94. The lowest BCUT2D eigenvalue weighted by atomic mass is 9.81. The molecule has 1 aromatic heterocycles. The molecule has 1 aromatic carbocycles. The van der Waals surface area contributed by atoms with Crippen molar-refractivity contribution in [3.8, 4) is 0 Å². The first kappa shape index (κ1) is 16.2. The van der Waals surface area contributed by atoms with E-state index in [9.17, 15) is 18.7 Å². The summed E-state index contributed by atoms with van der Waals surface area (Å²) in [6.45, 7) is 0. The molecule has 25 heavy (non-hydrogen) atoms. The minimum absolute atomic E-state index is 0.0744. The number of carbonyl (C=O) groups excluding carboxylic acids is 1. The van der Waals surface area contributed by atoms with Gasteiger partial charge in [0.25, 0.3) is 5.91 Å². The number of aliphatic hydroxyl groups is 1. The molecule has 2 aromatic rings. The van der Waals surface area contributed by atoms with Crippen LogP contribution in [0.25, 0.3) is 0 Å². The molecule has 2 bridgehead atoms. The normalized spacial score (nSPS) is 28.4. The van der Waals surface area contributed by atoms with Gasteiger partial charge in [-0.3, -0.25) is 9.89 Å². The maximum atomic E-state index is 14.0. The van der Waals surface area contributed by atoms with Gasteiger partial charge >= 0.3 is 0 Å². The summed E-state index contributed by atoms with van der Waals surface area (Å²) >= 11 is 0. The fourth-order valence-electron chi connectivity index (χ4n) is 4.33. The number of hydrogen-bond acceptors (Lipinski definition) is 3. The highest BCUT2D eigenvalue weighted by Crippen LogP contribution is 2.43. The van der Waals surface area contributed by atoms with Crippen molar-refractivity contribution in [2.75, 3.05) is 0 Å². The van der Waals surface area contributed by atoms with E-state index in [-0.39, 0.29) is 24.4 Å². The Morgan fingerprint density at radius 1 is 1.32 bits per heavy atom. The zero-order valence-corrected chi connectivity index (χ0v) is 13.6. The van der Waals surface area contributed by atoms with Crippen molar-refractivity contribution in [2.45, 2.75) is 49.8 Å². The number of halogens is 2. The minimum atomic E-state index is -1.09. The average molecular weight is 347 g/mol. The lowest BCUT2D eigenvalue weighted by Gasteiger charge is -2.44. The van der Waals surface area contributed by atoms with Crippen molar-refractivity contribution in [2.24, 2.45) is 0 Å². The number of nitrogens with one attached hydrogen (secondary N) is 1. The molecule has 2 aliphatic rings. The zero-order chi connectivity index (χ0) is 17.6.